The number of hydrogen-bond acceptors (Lipinski definition) is 3. The summed E-state index contributed by atoms with van der Waals surface area (Å²) in [6.07, 6.45) is 5.15. The first-order valence-electron chi connectivity index (χ1n) is 8.67. The molecule has 0 spiro atoms. The fraction of sp³-hybridized carbons (Fsp3) is 0.611. The first-order chi connectivity index (χ1) is 11.7. The lowest BCUT2D eigenvalue weighted by Crippen LogP contribution is -2.47. The van der Waals surface area contributed by atoms with Crippen LogP contribution < -0.4 is 15.4 Å². The minimum Gasteiger partial charge on any atom is -0.493 e. The molecule has 2 aliphatic rings. The summed E-state index contributed by atoms with van der Waals surface area (Å²) in [6, 6.07) is 6.08. The van der Waals surface area contributed by atoms with Gasteiger partial charge >= 0.3 is 0 Å². The molecule has 2 heterocycles. The third kappa shape index (κ3) is 5.62. The number of nitrogens with zero attached hydrogens (tertiary/aromatic N) is 1. The molecule has 1 aromatic carbocycles. The Balaban J connectivity index is 0.00000225. The number of rotatable bonds is 6. The lowest BCUT2D eigenvalue weighted by atomic mass is 9.96. The highest BCUT2D eigenvalue weighted by Gasteiger charge is 2.41. The van der Waals surface area contributed by atoms with E-state index in [4.69, 9.17) is 21.1 Å². The summed E-state index contributed by atoms with van der Waals surface area (Å²) in [4.78, 5) is 4.30. The van der Waals surface area contributed by atoms with Gasteiger partial charge in [-0.05, 0) is 56.4 Å². The van der Waals surface area contributed by atoms with Crippen molar-refractivity contribution in [3.05, 3.63) is 28.8 Å². The summed E-state index contributed by atoms with van der Waals surface area (Å²) >= 11 is 5.95. The Morgan fingerprint density at radius 2 is 2.24 bits per heavy atom. The van der Waals surface area contributed by atoms with Crippen LogP contribution in [0.3, 0.4) is 0 Å². The molecule has 2 N–H and O–H groups in total. The molecule has 0 saturated carbocycles. The average molecular weight is 480 g/mol. The Labute approximate surface area is 171 Å². The maximum absolute atomic E-state index is 5.95. The number of halogens is 2. The molecule has 140 valence electrons. The van der Waals surface area contributed by atoms with Gasteiger partial charge in [0.25, 0.3) is 0 Å². The molecular formula is C18H27ClIN3O2. The predicted octanol–water partition coefficient (Wildman–Crippen LogP) is 3.52. The second kappa shape index (κ2) is 9.83. The molecular weight excluding hydrogens is 453 g/mol. The van der Waals surface area contributed by atoms with E-state index in [1.54, 1.807) is 7.05 Å². The number of guanidine groups is 1. The Morgan fingerprint density at radius 3 is 2.88 bits per heavy atom. The molecule has 0 amide bonds. The molecule has 0 aromatic heterocycles. The molecule has 25 heavy (non-hydrogen) atoms. The summed E-state index contributed by atoms with van der Waals surface area (Å²) in [5, 5.41) is 7.56. The van der Waals surface area contributed by atoms with Crippen LogP contribution in [0.25, 0.3) is 0 Å². The van der Waals surface area contributed by atoms with Crippen LogP contribution in [0, 0.1) is 6.92 Å². The first kappa shape index (κ1) is 20.6. The summed E-state index contributed by atoms with van der Waals surface area (Å²) in [5.74, 6) is 1.74. The Morgan fingerprint density at radius 1 is 1.40 bits per heavy atom. The minimum absolute atomic E-state index is 0. The Kier molecular flexibility index (Phi) is 8.09. The van der Waals surface area contributed by atoms with Gasteiger partial charge in [-0.25, -0.2) is 0 Å². The Bertz CT molecular complexity index is 600. The highest BCUT2D eigenvalue weighted by molar-refractivity contribution is 14.0. The van der Waals surface area contributed by atoms with Crippen LogP contribution in [-0.2, 0) is 4.74 Å². The number of fused-ring (bicyclic) bond motifs is 2. The maximum atomic E-state index is 5.95. The first-order valence-corrected chi connectivity index (χ1v) is 9.05. The molecule has 0 aliphatic carbocycles. The number of aliphatic imine (C=N–C) groups is 1. The third-order valence-electron chi connectivity index (χ3n) is 4.66. The molecule has 3 unspecified atom stereocenters. The lowest BCUT2D eigenvalue weighted by Gasteiger charge is -2.22. The van der Waals surface area contributed by atoms with E-state index >= 15 is 0 Å². The van der Waals surface area contributed by atoms with Crippen molar-refractivity contribution in [2.75, 3.05) is 20.2 Å². The van der Waals surface area contributed by atoms with Crippen molar-refractivity contribution in [2.45, 2.75) is 50.9 Å². The van der Waals surface area contributed by atoms with Crippen molar-refractivity contribution in [1.82, 2.24) is 10.6 Å². The van der Waals surface area contributed by atoms with Gasteiger partial charge in [-0.1, -0.05) is 11.6 Å². The van der Waals surface area contributed by atoms with Crippen LogP contribution in [-0.4, -0.2) is 44.4 Å². The van der Waals surface area contributed by atoms with Gasteiger partial charge in [-0.3, -0.25) is 4.99 Å². The molecule has 2 aliphatic heterocycles. The van der Waals surface area contributed by atoms with Gasteiger partial charge in [0.1, 0.15) is 5.75 Å². The monoisotopic (exact) mass is 479 g/mol. The van der Waals surface area contributed by atoms with Crippen LogP contribution in [0.1, 0.15) is 31.2 Å². The van der Waals surface area contributed by atoms with E-state index in [0.29, 0.717) is 24.9 Å². The van der Waals surface area contributed by atoms with E-state index in [0.717, 1.165) is 48.1 Å². The van der Waals surface area contributed by atoms with Crippen LogP contribution in [0.2, 0.25) is 5.02 Å². The molecule has 0 radical (unpaired) electrons. The summed E-state index contributed by atoms with van der Waals surface area (Å²) in [5.41, 5.74) is 1.06. The molecule has 2 saturated heterocycles. The van der Waals surface area contributed by atoms with Crippen molar-refractivity contribution in [1.29, 1.82) is 0 Å². The van der Waals surface area contributed by atoms with E-state index in [9.17, 15) is 0 Å². The van der Waals surface area contributed by atoms with Gasteiger partial charge in [-0.2, -0.15) is 0 Å². The molecule has 3 rings (SSSR count). The van der Waals surface area contributed by atoms with E-state index in [1.807, 2.05) is 25.1 Å². The molecule has 5 nitrogen and oxygen atoms in total. The number of aryl methyl sites for hydroxylation is 1. The standard InChI is InChI=1S/C18H26ClN3O2.HI/c1-12-10-13(19)4-6-16(12)23-9-3-8-21-18(20-2)22-15-11-14-5-7-17(15)24-14;/h4,6,10,14-15,17H,3,5,7-9,11H2,1-2H3,(H2,20,21,22);1H. The highest BCUT2D eigenvalue weighted by atomic mass is 127. The fourth-order valence-electron chi connectivity index (χ4n) is 3.40. The van der Waals surface area contributed by atoms with Crippen molar-refractivity contribution in [3.8, 4) is 5.75 Å². The highest BCUT2D eigenvalue weighted by Crippen LogP contribution is 2.34. The minimum atomic E-state index is 0. The van der Waals surface area contributed by atoms with Gasteiger partial charge in [0, 0.05) is 18.6 Å². The lowest BCUT2D eigenvalue weighted by molar-refractivity contribution is 0.0992. The second-order valence-corrected chi connectivity index (χ2v) is 6.91. The third-order valence-corrected chi connectivity index (χ3v) is 4.89. The van der Waals surface area contributed by atoms with Crippen molar-refractivity contribution >= 4 is 41.5 Å². The number of nitrogens with one attached hydrogen (secondary N) is 2. The van der Waals surface area contributed by atoms with Gasteiger partial charge in [0.2, 0.25) is 0 Å². The van der Waals surface area contributed by atoms with Crippen molar-refractivity contribution in [3.63, 3.8) is 0 Å². The topological polar surface area (TPSA) is 54.9 Å². The maximum Gasteiger partial charge on any atom is 0.191 e. The molecule has 3 atom stereocenters. The smallest absolute Gasteiger partial charge is 0.191 e. The zero-order valence-electron chi connectivity index (χ0n) is 14.8. The van der Waals surface area contributed by atoms with Crippen molar-refractivity contribution < 1.29 is 9.47 Å². The van der Waals surface area contributed by atoms with E-state index in [2.05, 4.69) is 15.6 Å². The predicted molar refractivity (Wildman–Crippen MR) is 113 cm³/mol. The van der Waals surface area contributed by atoms with Crippen LogP contribution in [0.5, 0.6) is 5.75 Å². The summed E-state index contributed by atoms with van der Waals surface area (Å²) < 4.78 is 11.7. The Hall–Kier alpha value is -0.730. The number of benzene rings is 1. The van der Waals surface area contributed by atoms with E-state index in [1.165, 1.54) is 6.42 Å². The number of hydrogen-bond donors (Lipinski definition) is 2. The van der Waals surface area contributed by atoms with Gasteiger partial charge in [0.05, 0.1) is 24.9 Å². The van der Waals surface area contributed by atoms with Gasteiger partial charge in [0.15, 0.2) is 5.96 Å². The number of ether oxygens (including phenoxy) is 2. The van der Waals surface area contributed by atoms with Gasteiger partial charge in [-0.15, -0.1) is 24.0 Å². The largest absolute Gasteiger partial charge is 0.493 e. The van der Waals surface area contributed by atoms with Gasteiger partial charge < -0.3 is 20.1 Å². The SMILES string of the molecule is CN=C(NCCCOc1ccc(Cl)cc1C)NC1CC2CCC1O2.I. The van der Waals surface area contributed by atoms with Crippen LogP contribution in [0.4, 0.5) is 0 Å². The van der Waals surface area contributed by atoms with Crippen LogP contribution >= 0.6 is 35.6 Å². The van der Waals surface area contributed by atoms with Crippen molar-refractivity contribution in [2.24, 2.45) is 4.99 Å². The van der Waals surface area contributed by atoms with E-state index in [-0.39, 0.29) is 24.0 Å². The molecule has 2 fully saturated rings. The van der Waals surface area contributed by atoms with Crippen LogP contribution in [0.15, 0.2) is 23.2 Å². The van der Waals surface area contributed by atoms with E-state index < -0.39 is 0 Å². The quantitative estimate of drug-likeness (QED) is 0.284. The molecule has 2 bridgehead atoms. The molecule has 1 aromatic rings. The summed E-state index contributed by atoms with van der Waals surface area (Å²) in [7, 11) is 1.80. The fourth-order valence-corrected chi connectivity index (χ4v) is 3.62. The normalized spacial score (nSPS) is 24.8. The summed E-state index contributed by atoms with van der Waals surface area (Å²) in [6.45, 7) is 3.47. The zero-order chi connectivity index (χ0) is 16.9. The average Bonchev–Trinajstić information content (AvgIpc) is 3.18. The second-order valence-electron chi connectivity index (χ2n) is 6.47. The zero-order valence-corrected chi connectivity index (χ0v) is 17.8. The molecule has 7 heteroatoms.